The van der Waals surface area contributed by atoms with Gasteiger partial charge in [0, 0.05) is 48.3 Å². The number of likely N-dealkylation sites (tertiary alicyclic amines) is 1. The number of aliphatic carboxylic acids is 1. The van der Waals surface area contributed by atoms with E-state index >= 15 is 0 Å². The molecule has 0 saturated carbocycles. The summed E-state index contributed by atoms with van der Waals surface area (Å²) in [4.78, 5) is 32.6. The number of amides is 1. The van der Waals surface area contributed by atoms with Crippen LogP contribution in [0.5, 0.6) is 0 Å². The molecule has 0 aliphatic carbocycles. The second kappa shape index (κ2) is 11.5. The molecule has 0 radical (unpaired) electrons. The molecule has 2 aromatic heterocycles. The van der Waals surface area contributed by atoms with Gasteiger partial charge in [-0.15, -0.1) is 0 Å². The number of carbonyl (C=O) groups excluding carboxylic acids is 1. The van der Waals surface area contributed by atoms with Crippen molar-refractivity contribution in [1.29, 1.82) is 0 Å². The fourth-order valence-electron chi connectivity index (χ4n) is 5.65. The molecule has 2 atom stereocenters. The zero-order chi connectivity index (χ0) is 29.3. The molecule has 2 aliphatic rings. The molecule has 0 spiro atoms. The summed E-state index contributed by atoms with van der Waals surface area (Å²) in [7, 11) is 0. The zero-order valence-electron chi connectivity index (χ0n) is 22.3. The van der Waals surface area contributed by atoms with E-state index in [1.54, 1.807) is 48.2 Å². The fourth-order valence-corrected chi connectivity index (χ4v) is 6.67. The monoisotopic (exact) mass is 583 g/mol. The smallest absolute Gasteiger partial charge is 0.435 e. The number of carboxylic acids is 1. The van der Waals surface area contributed by atoms with E-state index in [1.165, 1.54) is 28.3 Å². The third-order valence-corrected chi connectivity index (χ3v) is 8.62. The molecule has 5 rings (SSSR count). The Kier molecular flexibility index (Phi) is 8.02. The van der Waals surface area contributed by atoms with Gasteiger partial charge in [-0.2, -0.15) is 29.6 Å². The van der Waals surface area contributed by atoms with Crippen molar-refractivity contribution < 1.29 is 27.9 Å². The normalized spacial score (nSPS) is 19.4. The number of benzene rings is 1. The maximum Gasteiger partial charge on any atom is 0.435 e. The van der Waals surface area contributed by atoms with Gasteiger partial charge in [0.2, 0.25) is 10.9 Å². The number of hydrogen-bond donors (Lipinski definition) is 1. The minimum absolute atomic E-state index is 0.0286. The Hall–Kier alpha value is -3.95. The van der Waals surface area contributed by atoms with E-state index in [2.05, 4.69) is 9.94 Å². The zero-order valence-corrected chi connectivity index (χ0v) is 23.1. The summed E-state index contributed by atoms with van der Waals surface area (Å²) in [6, 6.07) is 8.05. The molecule has 1 unspecified atom stereocenters. The molecule has 3 aromatic rings. The van der Waals surface area contributed by atoms with Crippen LogP contribution in [0.3, 0.4) is 0 Å². The van der Waals surface area contributed by atoms with Crippen molar-refractivity contribution in [3.8, 4) is 11.1 Å². The summed E-state index contributed by atoms with van der Waals surface area (Å²) < 4.78 is 43.3. The molecule has 8 nitrogen and oxygen atoms in total. The highest BCUT2D eigenvalue weighted by Gasteiger charge is 2.39. The van der Waals surface area contributed by atoms with E-state index < -0.39 is 29.8 Å². The van der Waals surface area contributed by atoms with Gasteiger partial charge in [-0.1, -0.05) is 30.3 Å². The van der Waals surface area contributed by atoms with Crippen molar-refractivity contribution in [3.63, 3.8) is 0 Å². The lowest BCUT2D eigenvalue weighted by atomic mass is 9.84. The third-order valence-electron chi connectivity index (χ3n) is 7.59. The Morgan fingerprint density at radius 3 is 2.73 bits per heavy atom. The molecule has 12 heteroatoms. The molecule has 1 fully saturated rings. The SMILES string of the molecule is [C-]#[N+]c1cc2c(s1)CN(C(=O)/C=C/CN1CCCC1C(=O)O)C[C@H]2c1ccccc1-c1cn(CC)nc1C(F)(F)F. The van der Waals surface area contributed by atoms with Crippen LogP contribution in [-0.4, -0.2) is 62.2 Å². The van der Waals surface area contributed by atoms with Crippen LogP contribution in [0.15, 0.2) is 48.7 Å². The van der Waals surface area contributed by atoms with Crippen LogP contribution in [0.25, 0.3) is 16.0 Å². The van der Waals surface area contributed by atoms with Crippen LogP contribution in [0.1, 0.15) is 47.4 Å². The van der Waals surface area contributed by atoms with Crippen LogP contribution < -0.4 is 0 Å². The number of rotatable bonds is 7. The van der Waals surface area contributed by atoms with Gasteiger partial charge in [0.15, 0.2) is 5.69 Å². The molecule has 214 valence electrons. The second-order valence-corrected chi connectivity index (χ2v) is 11.2. The highest BCUT2D eigenvalue weighted by molar-refractivity contribution is 7.16. The predicted octanol–water partition coefficient (Wildman–Crippen LogP) is 5.78. The van der Waals surface area contributed by atoms with Crippen molar-refractivity contribution >= 4 is 28.2 Å². The Labute approximate surface area is 239 Å². The summed E-state index contributed by atoms with van der Waals surface area (Å²) in [6.45, 7) is 11.0. The fraction of sp³-hybridized carbons (Fsp3) is 0.379. The number of carbonyl (C=O) groups is 2. The number of halogens is 3. The number of thiophene rings is 1. The molecular formula is C29H28F3N5O3S. The first-order valence-electron chi connectivity index (χ1n) is 13.3. The molecule has 1 N–H and O–H groups in total. The molecule has 4 heterocycles. The Morgan fingerprint density at radius 2 is 2.02 bits per heavy atom. The maximum atomic E-state index is 14.0. The average Bonchev–Trinajstić information content (AvgIpc) is 3.70. The van der Waals surface area contributed by atoms with Crippen LogP contribution >= 0.6 is 11.3 Å². The van der Waals surface area contributed by atoms with E-state index in [1.807, 2.05) is 4.90 Å². The standard InChI is InChI=1S/C29H28F3N5O3S/c1-3-37-16-22(27(34-37)29(30,31)32)19-9-5-4-8-18(19)21-15-36(17-24-20(21)14-25(33-2)41-24)26(38)11-7-13-35-12-6-10-23(35)28(39)40/h4-5,7-9,11,14,16,21,23H,3,6,10,12-13,15,17H2,1H3,(H,39,40)/b11-7+/t21-,23?/m0/s1. The lowest BCUT2D eigenvalue weighted by Gasteiger charge is -2.34. The van der Waals surface area contributed by atoms with Gasteiger partial charge < -0.3 is 10.0 Å². The first-order valence-corrected chi connectivity index (χ1v) is 14.1. The minimum atomic E-state index is -4.65. The number of aryl methyl sites for hydroxylation is 1. The van der Waals surface area contributed by atoms with Gasteiger partial charge in [0.05, 0.1) is 13.1 Å². The lowest BCUT2D eigenvalue weighted by Crippen LogP contribution is -2.38. The molecule has 1 saturated heterocycles. The van der Waals surface area contributed by atoms with E-state index in [9.17, 15) is 27.9 Å². The molecule has 41 heavy (non-hydrogen) atoms. The van der Waals surface area contributed by atoms with Crippen molar-refractivity contribution in [1.82, 2.24) is 19.6 Å². The average molecular weight is 584 g/mol. The maximum absolute atomic E-state index is 14.0. The number of nitrogens with zero attached hydrogens (tertiary/aromatic N) is 5. The van der Waals surface area contributed by atoms with Gasteiger partial charge in [-0.25, -0.2) is 4.85 Å². The number of aromatic nitrogens is 2. The largest absolute Gasteiger partial charge is 0.480 e. The first kappa shape index (κ1) is 28.6. The topological polar surface area (TPSA) is 83.0 Å². The summed E-state index contributed by atoms with van der Waals surface area (Å²) >= 11 is 1.28. The van der Waals surface area contributed by atoms with Crippen molar-refractivity contribution in [2.45, 2.75) is 51.0 Å². The van der Waals surface area contributed by atoms with Crippen LogP contribution in [-0.2, 0) is 28.9 Å². The van der Waals surface area contributed by atoms with Crippen molar-refractivity contribution in [2.24, 2.45) is 0 Å². The van der Waals surface area contributed by atoms with Crippen molar-refractivity contribution in [3.05, 3.63) is 81.8 Å². The first-order chi connectivity index (χ1) is 19.6. The van der Waals surface area contributed by atoms with Gasteiger partial charge in [-0.3, -0.25) is 19.2 Å². The highest BCUT2D eigenvalue weighted by Crippen LogP contribution is 2.45. The lowest BCUT2D eigenvalue weighted by molar-refractivity contribution is -0.142. The Bertz CT molecular complexity index is 1540. The van der Waals surface area contributed by atoms with Gasteiger partial charge in [0.1, 0.15) is 6.04 Å². The second-order valence-electron chi connectivity index (χ2n) is 10.1. The molecule has 1 aromatic carbocycles. The quantitative estimate of drug-likeness (QED) is 0.282. The summed E-state index contributed by atoms with van der Waals surface area (Å²) in [6.07, 6.45) is 1.20. The van der Waals surface area contributed by atoms with E-state index in [0.29, 0.717) is 35.6 Å². The van der Waals surface area contributed by atoms with E-state index in [4.69, 9.17) is 6.57 Å². The molecular weight excluding hydrogens is 555 g/mol. The summed E-state index contributed by atoms with van der Waals surface area (Å²) in [5.74, 6) is -1.62. The van der Waals surface area contributed by atoms with Crippen molar-refractivity contribution in [2.75, 3.05) is 19.6 Å². The summed E-state index contributed by atoms with van der Waals surface area (Å²) in [5, 5.41) is 13.6. The summed E-state index contributed by atoms with van der Waals surface area (Å²) in [5.41, 5.74) is 0.836. The van der Waals surface area contributed by atoms with Gasteiger partial charge >= 0.3 is 12.1 Å². The number of hydrogen-bond acceptors (Lipinski definition) is 5. The van der Waals surface area contributed by atoms with Gasteiger partial charge in [0.25, 0.3) is 0 Å². The van der Waals surface area contributed by atoms with Crippen LogP contribution in [0.4, 0.5) is 18.2 Å². The molecule has 2 aliphatic heterocycles. The molecule has 1 amide bonds. The minimum Gasteiger partial charge on any atom is -0.480 e. The Morgan fingerprint density at radius 1 is 1.24 bits per heavy atom. The van der Waals surface area contributed by atoms with E-state index in [0.717, 1.165) is 16.9 Å². The predicted molar refractivity (Wildman–Crippen MR) is 148 cm³/mol. The van der Waals surface area contributed by atoms with Crippen LogP contribution in [0, 0.1) is 6.57 Å². The number of carboxylic acid groups (broad SMARTS) is 1. The Balaban J connectivity index is 1.48. The highest BCUT2D eigenvalue weighted by atomic mass is 32.1. The molecule has 0 bridgehead atoms. The van der Waals surface area contributed by atoms with Crippen LogP contribution in [0.2, 0.25) is 0 Å². The number of alkyl halides is 3. The van der Waals surface area contributed by atoms with Gasteiger partial charge in [-0.05, 0) is 49.1 Å². The number of fused-ring (bicyclic) bond motifs is 1. The van der Waals surface area contributed by atoms with E-state index in [-0.39, 0.29) is 31.1 Å². The third kappa shape index (κ3) is 5.78.